The molecule has 1 amide bonds. The Labute approximate surface area is 115 Å². The normalized spacial score (nSPS) is 10.1. The third-order valence-corrected chi connectivity index (χ3v) is 2.03. The van der Waals surface area contributed by atoms with E-state index in [1.807, 2.05) is 26.0 Å². The van der Waals surface area contributed by atoms with Gasteiger partial charge in [-0.25, -0.2) is 0 Å². The summed E-state index contributed by atoms with van der Waals surface area (Å²) in [5.41, 5.74) is 0.291. The third-order valence-electron chi connectivity index (χ3n) is 2.03. The monoisotopic (exact) mass is 280 g/mol. The van der Waals surface area contributed by atoms with Gasteiger partial charge in [0.1, 0.15) is 0 Å². The second-order valence-corrected chi connectivity index (χ2v) is 3.47. The molecule has 0 saturated heterocycles. The molecule has 1 aromatic rings. The van der Waals surface area contributed by atoms with Gasteiger partial charge in [0.25, 0.3) is 0 Å². The number of benzene rings is 1. The summed E-state index contributed by atoms with van der Waals surface area (Å²) in [5, 5.41) is 2.60. The summed E-state index contributed by atoms with van der Waals surface area (Å²) >= 11 is 0. The molecule has 4 heteroatoms. The van der Waals surface area contributed by atoms with Gasteiger partial charge < -0.3 is 14.8 Å². The molecular formula is C11H13NO2Y-2. The first-order chi connectivity index (χ1) is 6.61. The van der Waals surface area contributed by atoms with Gasteiger partial charge in [-0.05, 0) is 13.8 Å². The second kappa shape index (κ2) is 6.24. The van der Waals surface area contributed by atoms with Crippen LogP contribution in [0.2, 0.25) is 0 Å². The van der Waals surface area contributed by atoms with E-state index >= 15 is 0 Å². The van der Waals surface area contributed by atoms with Gasteiger partial charge in [0, 0.05) is 44.0 Å². The molecule has 1 aromatic carbocycles. The second-order valence-electron chi connectivity index (χ2n) is 3.47. The van der Waals surface area contributed by atoms with E-state index in [1.165, 1.54) is 0 Å². The summed E-state index contributed by atoms with van der Waals surface area (Å²) in [6.45, 7) is 3.73. The summed E-state index contributed by atoms with van der Waals surface area (Å²) in [6, 6.07) is 8.50. The first-order valence-electron chi connectivity index (χ1n) is 4.31. The van der Waals surface area contributed by atoms with E-state index in [2.05, 4.69) is 11.4 Å². The minimum absolute atomic E-state index is 0. The van der Waals surface area contributed by atoms with Crippen LogP contribution < -0.4 is 10.1 Å². The Bertz CT molecular complexity index is 326. The Morgan fingerprint density at radius 1 is 1.53 bits per heavy atom. The van der Waals surface area contributed by atoms with Crippen molar-refractivity contribution in [1.82, 2.24) is 5.32 Å². The number of hydrogen-bond acceptors (Lipinski definition) is 2. The predicted molar refractivity (Wildman–Crippen MR) is 53.7 cm³/mol. The van der Waals surface area contributed by atoms with E-state index in [0.29, 0.717) is 5.75 Å². The van der Waals surface area contributed by atoms with Crippen molar-refractivity contribution in [2.45, 2.75) is 19.4 Å². The Balaban J connectivity index is 0.00000196. The molecule has 1 N–H and O–H groups in total. The maximum absolute atomic E-state index is 10.3. The molecule has 15 heavy (non-hydrogen) atoms. The number of carbonyl (C=O) groups excluding carboxylic acids is 1. The van der Waals surface area contributed by atoms with Crippen LogP contribution in [0.15, 0.2) is 18.2 Å². The SMILES string of the molecule is COc1ccc[c-]c1C(C)(C)N[C-]=O.[Y]. The third kappa shape index (κ3) is 3.58. The van der Waals surface area contributed by atoms with Crippen molar-refractivity contribution >= 4 is 6.41 Å². The number of nitrogens with one attached hydrogen (secondary N) is 1. The van der Waals surface area contributed by atoms with E-state index in [0.717, 1.165) is 5.56 Å². The average molecular weight is 280 g/mol. The predicted octanol–water partition coefficient (Wildman–Crippen LogP) is 1.38. The maximum atomic E-state index is 10.3. The van der Waals surface area contributed by atoms with Gasteiger partial charge in [0.2, 0.25) is 0 Å². The zero-order valence-electron chi connectivity index (χ0n) is 9.13. The van der Waals surface area contributed by atoms with Crippen LogP contribution >= 0.6 is 0 Å². The van der Waals surface area contributed by atoms with Gasteiger partial charge >= 0.3 is 0 Å². The molecular weight excluding hydrogens is 267 g/mol. The van der Waals surface area contributed by atoms with Gasteiger partial charge in [-0.1, -0.05) is 5.56 Å². The molecule has 0 saturated carbocycles. The van der Waals surface area contributed by atoms with Crippen molar-refractivity contribution in [3.05, 3.63) is 29.8 Å². The Morgan fingerprint density at radius 3 is 2.73 bits per heavy atom. The largest absolute Gasteiger partial charge is 0.554 e. The molecule has 3 nitrogen and oxygen atoms in total. The molecule has 1 radical (unpaired) electrons. The molecule has 0 atom stereocenters. The fraction of sp³-hybridized carbons (Fsp3) is 0.364. The molecule has 0 aliphatic rings. The quantitative estimate of drug-likeness (QED) is 0.668. The fourth-order valence-corrected chi connectivity index (χ4v) is 1.27. The van der Waals surface area contributed by atoms with Crippen molar-refractivity contribution < 1.29 is 42.2 Å². The molecule has 0 heterocycles. The van der Waals surface area contributed by atoms with Crippen LogP contribution in [-0.4, -0.2) is 13.5 Å². The molecule has 79 valence electrons. The molecule has 0 unspecified atom stereocenters. The average Bonchev–Trinajstić information content (AvgIpc) is 2.18. The molecule has 0 aliphatic heterocycles. The summed E-state index contributed by atoms with van der Waals surface area (Å²) in [7, 11) is 1.59. The first-order valence-corrected chi connectivity index (χ1v) is 4.31. The summed E-state index contributed by atoms with van der Waals surface area (Å²) in [4.78, 5) is 10.3. The number of ether oxygens (including phenoxy) is 1. The number of hydrogen-bond donors (Lipinski definition) is 1. The smallest absolute Gasteiger partial charge is 0.0607 e. The van der Waals surface area contributed by atoms with Gasteiger partial charge in [0.05, 0.1) is 7.11 Å². The van der Waals surface area contributed by atoms with Crippen LogP contribution in [0.3, 0.4) is 0 Å². The molecule has 0 aliphatic carbocycles. The maximum Gasteiger partial charge on any atom is 0.0607 e. The van der Waals surface area contributed by atoms with Crippen molar-refractivity contribution in [2.75, 3.05) is 7.11 Å². The van der Waals surface area contributed by atoms with E-state index in [4.69, 9.17) is 4.74 Å². The number of amides is 1. The Kier molecular flexibility index (Phi) is 6.07. The Hall–Kier alpha value is -0.406. The molecule has 1 rings (SSSR count). The van der Waals surface area contributed by atoms with Crippen LogP contribution in [0.25, 0.3) is 0 Å². The summed E-state index contributed by atoms with van der Waals surface area (Å²) in [5.74, 6) is 0.709. The summed E-state index contributed by atoms with van der Waals surface area (Å²) < 4.78 is 5.18. The molecule has 0 bridgehead atoms. The van der Waals surface area contributed by atoms with Crippen LogP contribution in [0, 0.1) is 6.07 Å². The molecule has 0 aromatic heterocycles. The van der Waals surface area contributed by atoms with Crippen LogP contribution in [-0.2, 0) is 43.0 Å². The molecule has 0 fully saturated rings. The van der Waals surface area contributed by atoms with Crippen LogP contribution in [0.5, 0.6) is 5.75 Å². The van der Waals surface area contributed by atoms with Crippen LogP contribution in [0.1, 0.15) is 19.4 Å². The summed E-state index contributed by atoms with van der Waals surface area (Å²) in [6.07, 6.45) is 1.68. The Morgan fingerprint density at radius 2 is 2.20 bits per heavy atom. The number of rotatable bonds is 4. The van der Waals surface area contributed by atoms with E-state index in [-0.39, 0.29) is 32.7 Å². The first kappa shape index (κ1) is 14.6. The minimum atomic E-state index is -0.519. The zero-order valence-corrected chi connectivity index (χ0v) is 12.0. The topological polar surface area (TPSA) is 38.3 Å². The zero-order chi connectivity index (χ0) is 10.6. The minimum Gasteiger partial charge on any atom is -0.554 e. The van der Waals surface area contributed by atoms with E-state index < -0.39 is 5.54 Å². The van der Waals surface area contributed by atoms with Gasteiger partial charge in [0.15, 0.2) is 0 Å². The van der Waals surface area contributed by atoms with Crippen LogP contribution in [0.4, 0.5) is 0 Å². The van der Waals surface area contributed by atoms with E-state index in [9.17, 15) is 4.79 Å². The molecule has 0 spiro atoms. The van der Waals surface area contributed by atoms with Crippen molar-refractivity contribution in [1.29, 1.82) is 0 Å². The number of methoxy groups -OCH3 is 1. The van der Waals surface area contributed by atoms with E-state index in [1.54, 1.807) is 19.6 Å². The van der Waals surface area contributed by atoms with Gasteiger partial charge in [-0.3, -0.25) is 0 Å². The standard InChI is InChI=1S/C11H13NO2.Y/c1-11(2,12-8-13)9-6-4-5-7-10(9)14-3;/h4-5,7H,1-3H3,(H,12,13);/q-2;. The van der Waals surface area contributed by atoms with Gasteiger partial charge in [-0.15, -0.1) is 6.07 Å². The van der Waals surface area contributed by atoms with Crippen molar-refractivity contribution in [3.63, 3.8) is 0 Å². The van der Waals surface area contributed by atoms with Crippen molar-refractivity contribution in [3.8, 4) is 5.75 Å². The van der Waals surface area contributed by atoms with Crippen molar-refractivity contribution in [2.24, 2.45) is 0 Å². The van der Waals surface area contributed by atoms with Gasteiger partial charge in [-0.2, -0.15) is 24.6 Å². The fourth-order valence-electron chi connectivity index (χ4n) is 1.27.